The first kappa shape index (κ1) is 9.16. The minimum Gasteiger partial charge on any atom is -0.306 e. The summed E-state index contributed by atoms with van der Waals surface area (Å²) in [6.07, 6.45) is 3.44. The average Bonchev–Trinajstić information content (AvgIpc) is 2.66. The van der Waals surface area contributed by atoms with Crippen LogP contribution < -0.4 is 0 Å². The first-order valence-corrected chi connectivity index (χ1v) is 5.25. The molecule has 1 N–H and O–H groups in total. The Morgan fingerprint density at radius 3 is 2.73 bits per heavy atom. The highest BCUT2D eigenvalue weighted by atomic mass is 32.2. The van der Waals surface area contributed by atoms with E-state index in [2.05, 4.69) is 11.9 Å². The molecule has 1 unspecified atom stereocenters. The monoisotopic (exact) mass is 177 g/mol. The van der Waals surface area contributed by atoms with Gasteiger partial charge in [0.2, 0.25) is 0 Å². The molecular formula is C7H15NO2S. The van der Waals surface area contributed by atoms with Crippen LogP contribution in [-0.4, -0.2) is 39.0 Å². The molecule has 1 saturated carbocycles. The molecule has 0 aromatic rings. The van der Waals surface area contributed by atoms with Crippen molar-refractivity contribution in [1.29, 1.82) is 0 Å². The van der Waals surface area contributed by atoms with Crippen molar-refractivity contribution < 1.29 is 8.76 Å². The van der Waals surface area contributed by atoms with Crippen LogP contribution in [0, 0.1) is 0 Å². The number of hydrogen-bond acceptors (Lipinski definition) is 2. The Morgan fingerprint density at radius 2 is 2.27 bits per heavy atom. The third-order valence-corrected chi connectivity index (χ3v) is 2.64. The number of nitrogens with zero attached hydrogens (tertiary/aromatic N) is 1. The zero-order valence-corrected chi connectivity index (χ0v) is 7.64. The van der Waals surface area contributed by atoms with Crippen molar-refractivity contribution in [1.82, 2.24) is 4.90 Å². The average molecular weight is 177 g/mol. The van der Waals surface area contributed by atoms with E-state index >= 15 is 0 Å². The first-order chi connectivity index (χ1) is 5.20. The number of rotatable bonds is 5. The highest BCUT2D eigenvalue weighted by molar-refractivity contribution is 7.79. The van der Waals surface area contributed by atoms with Crippen LogP contribution in [0.4, 0.5) is 0 Å². The quantitative estimate of drug-likeness (QED) is 0.628. The Morgan fingerprint density at radius 1 is 1.64 bits per heavy atom. The van der Waals surface area contributed by atoms with Crippen molar-refractivity contribution in [3.05, 3.63) is 0 Å². The second-order valence-electron chi connectivity index (χ2n) is 3.09. The van der Waals surface area contributed by atoms with Crippen molar-refractivity contribution in [2.24, 2.45) is 0 Å². The van der Waals surface area contributed by atoms with Crippen LogP contribution in [0.1, 0.15) is 19.3 Å². The van der Waals surface area contributed by atoms with Crippen molar-refractivity contribution in [2.75, 3.05) is 19.3 Å². The first-order valence-electron chi connectivity index (χ1n) is 3.98. The molecular weight excluding hydrogens is 162 g/mol. The third kappa shape index (κ3) is 3.84. The number of hydrogen-bond donors (Lipinski definition) is 1. The van der Waals surface area contributed by atoms with Gasteiger partial charge >= 0.3 is 0 Å². The van der Waals surface area contributed by atoms with E-state index in [4.69, 9.17) is 4.55 Å². The maximum atomic E-state index is 10.3. The van der Waals surface area contributed by atoms with Crippen LogP contribution in [0.3, 0.4) is 0 Å². The molecule has 0 aromatic heterocycles. The van der Waals surface area contributed by atoms with Crippen LogP contribution in [-0.2, 0) is 11.1 Å². The molecule has 1 aliphatic rings. The summed E-state index contributed by atoms with van der Waals surface area (Å²) in [7, 11) is 2.08. The van der Waals surface area contributed by atoms with E-state index in [1.807, 2.05) is 0 Å². The fourth-order valence-electron chi connectivity index (χ4n) is 1.14. The highest BCUT2D eigenvalue weighted by Crippen LogP contribution is 2.25. The molecule has 3 nitrogen and oxygen atoms in total. The molecule has 4 heteroatoms. The van der Waals surface area contributed by atoms with Crippen LogP contribution in [0.25, 0.3) is 0 Å². The standard InChI is InChI=1S/C7H15NO2S/c1-8(7-3-4-7)5-2-6-11(9)10/h7H,2-6H2,1H3,(H,9,10). The molecule has 66 valence electrons. The van der Waals surface area contributed by atoms with E-state index in [9.17, 15) is 4.21 Å². The Bertz CT molecular complexity index is 147. The van der Waals surface area contributed by atoms with Gasteiger partial charge in [0.05, 0.1) is 5.75 Å². The van der Waals surface area contributed by atoms with Crippen LogP contribution >= 0.6 is 0 Å². The molecule has 1 fully saturated rings. The van der Waals surface area contributed by atoms with Gasteiger partial charge in [0, 0.05) is 6.04 Å². The van der Waals surface area contributed by atoms with Gasteiger partial charge in [-0.05, 0) is 32.9 Å². The molecule has 0 heterocycles. The van der Waals surface area contributed by atoms with Gasteiger partial charge < -0.3 is 9.45 Å². The van der Waals surface area contributed by atoms with Crippen LogP contribution in [0.5, 0.6) is 0 Å². The van der Waals surface area contributed by atoms with E-state index in [1.165, 1.54) is 12.8 Å². The van der Waals surface area contributed by atoms with Gasteiger partial charge in [0.25, 0.3) is 0 Å². The SMILES string of the molecule is CN(CCCS(=O)O)C1CC1. The predicted molar refractivity (Wildman–Crippen MR) is 45.9 cm³/mol. The third-order valence-electron chi connectivity index (χ3n) is 2.00. The summed E-state index contributed by atoms with van der Waals surface area (Å²) >= 11 is -1.60. The zero-order chi connectivity index (χ0) is 8.27. The van der Waals surface area contributed by atoms with E-state index in [0.29, 0.717) is 5.75 Å². The molecule has 0 aromatic carbocycles. The minimum absolute atomic E-state index is 0.414. The lowest BCUT2D eigenvalue weighted by Crippen LogP contribution is -2.22. The van der Waals surface area contributed by atoms with E-state index in [1.54, 1.807) is 0 Å². The maximum Gasteiger partial charge on any atom is 0.152 e. The summed E-state index contributed by atoms with van der Waals surface area (Å²) < 4.78 is 18.7. The molecule has 1 aliphatic carbocycles. The molecule has 0 spiro atoms. The van der Waals surface area contributed by atoms with E-state index in [-0.39, 0.29) is 0 Å². The lowest BCUT2D eigenvalue weighted by atomic mass is 10.4. The van der Waals surface area contributed by atoms with Gasteiger partial charge in [-0.25, -0.2) is 4.21 Å². The normalized spacial score (nSPS) is 20.6. The molecule has 0 amide bonds. The summed E-state index contributed by atoms with van der Waals surface area (Å²) in [5.41, 5.74) is 0. The van der Waals surface area contributed by atoms with Crippen molar-refractivity contribution in [3.8, 4) is 0 Å². The van der Waals surface area contributed by atoms with Gasteiger partial charge in [0.15, 0.2) is 11.1 Å². The molecule has 0 radical (unpaired) electrons. The Kier molecular flexibility index (Phi) is 3.48. The summed E-state index contributed by atoms with van der Waals surface area (Å²) in [5.74, 6) is 0.414. The zero-order valence-electron chi connectivity index (χ0n) is 6.82. The largest absolute Gasteiger partial charge is 0.306 e. The summed E-state index contributed by atoms with van der Waals surface area (Å²) in [6.45, 7) is 0.955. The Labute approximate surface area is 70.1 Å². The second-order valence-corrected chi connectivity index (χ2v) is 4.14. The van der Waals surface area contributed by atoms with Gasteiger partial charge in [-0.2, -0.15) is 0 Å². The topological polar surface area (TPSA) is 40.5 Å². The summed E-state index contributed by atoms with van der Waals surface area (Å²) in [6, 6.07) is 0.766. The minimum atomic E-state index is -1.60. The highest BCUT2D eigenvalue weighted by Gasteiger charge is 2.25. The van der Waals surface area contributed by atoms with Crippen molar-refractivity contribution >= 4 is 11.1 Å². The molecule has 0 aliphatic heterocycles. The molecule has 11 heavy (non-hydrogen) atoms. The van der Waals surface area contributed by atoms with E-state index < -0.39 is 11.1 Å². The fraction of sp³-hybridized carbons (Fsp3) is 1.00. The predicted octanol–water partition coefficient (Wildman–Crippen LogP) is 0.692. The van der Waals surface area contributed by atoms with Gasteiger partial charge in [0.1, 0.15) is 0 Å². The van der Waals surface area contributed by atoms with E-state index in [0.717, 1.165) is 19.0 Å². The second kappa shape index (κ2) is 4.18. The summed E-state index contributed by atoms with van der Waals surface area (Å²) in [4.78, 5) is 2.27. The van der Waals surface area contributed by atoms with Crippen molar-refractivity contribution in [2.45, 2.75) is 25.3 Å². The molecule has 1 atom stereocenters. The van der Waals surface area contributed by atoms with Crippen molar-refractivity contribution in [3.63, 3.8) is 0 Å². The van der Waals surface area contributed by atoms with Crippen LogP contribution in [0.2, 0.25) is 0 Å². The van der Waals surface area contributed by atoms with Gasteiger partial charge in [-0.3, -0.25) is 0 Å². The molecule has 0 bridgehead atoms. The Hall–Kier alpha value is 0.0700. The summed E-state index contributed by atoms with van der Waals surface area (Å²) in [5, 5.41) is 0. The smallest absolute Gasteiger partial charge is 0.152 e. The lowest BCUT2D eigenvalue weighted by molar-refractivity contribution is 0.325. The molecule has 1 rings (SSSR count). The van der Waals surface area contributed by atoms with Gasteiger partial charge in [-0.1, -0.05) is 0 Å². The Balaban J connectivity index is 1.97. The molecule has 0 saturated heterocycles. The maximum absolute atomic E-state index is 10.3. The van der Waals surface area contributed by atoms with Crippen LogP contribution in [0.15, 0.2) is 0 Å². The van der Waals surface area contributed by atoms with Gasteiger partial charge in [-0.15, -0.1) is 0 Å². The lowest BCUT2D eigenvalue weighted by Gasteiger charge is -2.13. The fourth-order valence-corrected chi connectivity index (χ4v) is 1.51.